The maximum atomic E-state index is 13.1. The second kappa shape index (κ2) is 4.25. The fourth-order valence-electron chi connectivity index (χ4n) is 1.31. The van der Waals surface area contributed by atoms with Crippen LogP contribution in [0.1, 0.15) is 16.2 Å². The number of benzene rings is 1. The van der Waals surface area contributed by atoms with Crippen molar-refractivity contribution in [2.24, 2.45) is 0 Å². The Kier molecular flexibility index (Phi) is 2.78. The Morgan fingerprint density at radius 3 is 2.94 bits per heavy atom. The van der Waals surface area contributed by atoms with Crippen molar-refractivity contribution in [1.82, 2.24) is 5.16 Å². The molecule has 5 nitrogen and oxygen atoms in total. The second-order valence-corrected chi connectivity index (χ2v) is 3.48. The van der Waals surface area contributed by atoms with Crippen LogP contribution < -0.4 is 11.1 Å². The van der Waals surface area contributed by atoms with Gasteiger partial charge >= 0.3 is 0 Å². The van der Waals surface area contributed by atoms with Gasteiger partial charge in [0.15, 0.2) is 5.69 Å². The number of amides is 1. The summed E-state index contributed by atoms with van der Waals surface area (Å²) >= 11 is 0. The summed E-state index contributed by atoms with van der Waals surface area (Å²) in [4.78, 5) is 11.7. The number of aromatic nitrogens is 1. The quantitative estimate of drug-likeness (QED) is 0.779. The Balaban J connectivity index is 2.21. The van der Waals surface area contributed by atoms with Gasteiger partial charge in [0, 0.05) is 6.07 Å². The largest absolute Gasteiger partial charge is 0.395 e. The minimum Gasteiger partial charge on any atom is -0.395 e. The highest BCUT2D eigenvalue weighted by atomic mass is 19.1. The summed E-state index contributed by atoms with van der Waals surface area (Å²) in [5, 5.41) is 6.00. The summed E-state index contributed by atoms with van der Waals surface area (Å²) in [5.41, 5.74) is 5.69. The van der Waals surface area contributed by atoms with Crippen LogP contribution in [-0.2, 0) is 0 Å². The first-order valence-electron chi connectivity index (χ1n) is 4.86. The number of carbonyl (C=O) groups excluding carboxylic acids is 1. The smallest absolute Gasteiger partial charge is 0.277 e. The molecule has 0 radical (unpaired) electrons. The molecule has 0 unspecified atom stereocenters. The van der Waals surface area contributed by atoms with Crippen molar-refractivity contribution in [3.63, 3.8) is 0 Å². The van der Waals surface area contributed by atoms with Gasteiger partial charge in [0.05, 0.1) is 11.4 Å². The van der Waals surface area contributed by atoms with Crippen molar-refractivity contribution in [3.05, 3.63) is 41.5 Å². The summed E-state index contributed by atoms with van der Waals surface area (Å²) in [6.45, 7) is 1.67. The van der Waals surface area contributed by atoms with Crippen LogP contribution in [0.25, 0.3) is 0 Å². The van der Waals surface area contributed by atoms with Crippen LogP contribution in [0.3, 0.4) is 0 Å². The Hall–Kier alpha value is -2.37. The highest BCUT2D eigenvalue weighted by molar-refractivity contribution is 6.04. The number of carbonyl (C=O) groups is 1. The Bertz CT molecular complexity index is 566. The number of nitrogens with one attached hydrogen (secondary N) is 1. The molecule has 1 aromatic carbocycles. The first-order chi connectivity index (χ1) is 8.08. The highest BCUT2D eigenvalue weighted by Gasteiger charge is 2.13. The fraction of sp³-hybridized carbons (Fsp3) is 0.0909. The lowest BCUT2D eigenvalue weighted by Gasteiger charge is -2.06. The first kappa shape index (κ1) is 11.1. The van der Waals surface area contributed by atoms with E-state index in [-0.39, 0.29) is 17.1 Å². The van der Waals surface area contributed by atoms with Gasteiger partial charge in [-0.1, -0.05) is 11.2 Å². The van der Waals surface area contributed by atoms with Crippen LogP contribution in [-0.4, -0.2) is 11.1 Å². The van der Waals surface area contributed by atoms with E-state index in [0.717, 1.165) is 0 Å². The molecule has 0 atom stereocenters. The van der Waals surface area contributed by atoms with E-state index < -0.39 is 11.7 Å². The third-order valence-electron chi connectivity index (χ3n) is 2.16. The van der Waals surface area contributed by atoms with Crippen LogP contribution in [0.5, 0.6) is 0 Å². The predicted octanol–water partition coefficient (Wildman–Crippen LogP) is 1.96. The molecule has 2 aromatic rings. The van der Waals surface area contributed by atoms with Crippen LogP contribution in [0.15, 0.2) is 28.8 Å². The van der Waals surface area contributed by atoms with E-state index in [1.165, 1.54) is 24.3 Å². The van der Waals surface area contributed by atoms with Crippen molar-refractivity contribution in [2.45, 2.75) is 6.92 Å². The highest BCUT2D eigenvalue weighted by Crippen LogP contribution is 2.21. The average Bonchev–Trinajstić information content (AvgIpc) is 2.72. The molecule has 0 fully saturated rings. The molecule has 2 rings (SSSR count). The molecule has 0 aliphatic rings. The van der Waals surface area contributed by atoms with Gasteiger partial charge in [0.25, 0.3) is 5.91 Å². The molecule has 0 saturated carbocycles. The zero-order valence-corrected chi connectivity index (χ0v) is 9.03. The van der Waals surface area contributed by atoms with E-state index in [1.807, 2.05) is 0 Å². The van der Waals surface area contributed by atoms with Crippen LogP contribution in [0, 0.1) is 12.7 Å². The zero-order chi connectivity index (χ0) is 12.4. The second-order valence-electron chi connectivity index (χ2n) is 3.48. The van der Waals surface area contributed by atoms with Crippen molar-refractivity contribution in [1.29, 1.82) is 0 Å². The average molecular weight is 235 g/mol. The van der Waals surface area contributed by atoms with Gasteiger partial charge in [-0.05, 0) is 19.1 Å². The molecule has 17 heavy (non-hydrogen) atoms. The SMILES string of the molecule is Cc1cc(C(=O)Nc2cccc(F)c2N)no1. The molecule has 0 bridgehead atoms. The maximum absolute atomic E-state index is 13.1. The molecule has 0 aliphatic heterocycles. The van der Waals surface area contributed by atoms with E-state index in [0.29, 0.717) is 5.76 Å². The molecule has 0 aliphatic carbocycles. The molecule has 6 heteroatoms. The number of hydrogen-bond acceptors (Lipinski definition) is 4. The molecule has 88 valence electrons. The van der Waals surface area contributed by atoms with E-state index in [1.54, 1.807) is 6.92 Å². The fourth-order valence-corrected chi connectivity index (χ4v) is 1.31. The summed E-state index contributed by atoms with van der Waals surface area (Å²) in [6.07, 6.45) is 0. The van der Waals surface area contributed by atoms with E-state index in [2.05, 4.69) is 10.5 Å². The van der Waals surface area contributed by atoms with Gasteiger partial charge in [0.1, 0.15) is 11.6 Å². The van der Waals surface area contributed by atoms with Gasteiger partial charge < -0.3 is 15.6 Å². The first-order valence-corrected chi connectivity index (χ1v) is 4.86. The monoisotopic (exact) mass is 235 g/mol. The summed E-state index contributed by atoms with van der Waals surface area (Å²) in [7, 11) is 0. The van der Waals surface area contributed by atoms with Gasteiger partial charge in [-0.25, -0.2) is 4.39 Å². The molecule has 1 aromatic heterocycles. The molecule has 0 spiro atoms. The number of aryl methyl sites for hydroxylation is 1. The van der Waals surface area contributed by atoms with Crippen LogP contribution >= 0.6 is 0 Å². The molecule has 1 amide bonds. The molecule has 1 heterocycles. The number of para-hydroxylation sites is 1. The molecular formula is C11H10FN3O2. The Morgan fingerprint density at radius 1 is 1.53 bits per heavy atom. The minimum absolute atomic E-state index is 0.110. The molecular weight excluding hydrogens is 225 g/mol. The van der Waals surface area contributed by atoms with Crippen LogP contribution in [0.2, 0.25) is 0 Å². The predicted molar refractivity (Wildman–Crippen MR) is 60.0 cm³/mol. The van der Waals surface area contributed by atoms with Crippen molar-refractivity contribution in [3.8, 4) is 0 Å². The van der Waals surface area contributed by atoms with Gasteiger partial charge in [0.2, 0.25) is 0 Å². The van der Waals surface area contributed by atoms with Crippen LogP contribution in [0.4, 0.5) is 15.8 Å². The van der Waals surface area contributed by atoms with Crippen molar-refractivity contribution < 1.29 is 13.7 Å². The number of hydrogen-bond donors (Lipinski definition) is 2. The molecule has 3 N–H and O–H groups in total. The standard InChI is InChI=1S/C11H10FN3O2/c1-6-5-9(15-17-6)11(16)14-8-4-2-3-7(12)10(8)13/h2-5H,13H2,1H3,(H,14,16). The molecule has 0 saturated heterocycles. The third kappa shape index (κ3) is 2.25. The number of nitrogen functional groups attached to an aromatic ring is 1. The maximum Gasteiger partial charge on any atom is 0.277 e. The number of anilines is 2. The van der Waals surface area contributed by atoms with E-state index >= 15 is 0 Å². The van der Waals surface area contributed by atoms with Gasteiger partial charge in [-0.15, -0.1) is 0 Å². The lowest BCUT2D eigenvalue weighted by atomic mass is 10.2. The summed E-state index contributed by atoms with van der Waals surface area (Å²) < 4.78 is 17.9. The number of halogens is 1. The van der Waals surface area contributed by atoms with E-state index in [9.17, 15) is 9.18 Å². The number of nitrogens with two attached hydrogens (primary N) is 1. The normalized spacial score (nSPS) is 10.2. The summed E-state index contributed by atoms with van der Waals surface area (Å²) in [6, 6.07) is 5.65. The van der Waals surface area contributed by atoms with Gasteiger partial charge in [-0.3, -0.25) is 4.79 Å². The Morgan fingerprint density at radius 2 is 2.29 bits per heavy atom. The van der Waals surface area contributed by atoms with Gasteiger partial charge in [-0.2, -0.15) is 0 Å². The number of rotatable bonds is 2. The third-order valence-corrected chi connectivity index (χ3v) is 2.16. The lowest BCUT2D eigenvalue weighted by molar-refractivity contribution is 0.101. The van der Waals surface area contributed by atoms with Crippen molar-refractivity contribution in [2.75, 3.05) is 11.1 Å². The number of nitrogens with zero attached hydrogens (tertiary/aromatic N) is 1. The van der Waals surface area contributed by atoms with E-state index in [4.69, 9.17) is 10.3 Å². The Labute approximate surface area is 96.4 Å². The topological polar surface area (TPSA) is 81.2 Å². The van der Waals surface area contributed by atoms with Crippen molar-refractivity contribution >= 4 is 17.3 Å². The minimum atomic E-state index is -0.584. The lowest BCUT2D eigenvalue weighted by Crippen LogP contribution is -2.14. The summed E-state index contributed by atoms with van der Waals surface area (Å²) in [5.74, 6) is -0.569. The zero-order valence-electron chi connectivity index (χ0n) is 9.03.